The Morgan fingerprint density at radius 3 is 2.90 bits per heavy atom. The molecule has 0 unspecified atom stereocenters. The lowest BCUT2D eigenvalue weighted by atomic mass is 10.3. The fraction of sp³-hybridized carbons (Fsp3) is 0.167. The van der Waals surface area contributed by atoms with Crippen molar-refractivity contribution in [2.75, 3.05) is 12.4 Å². The van der Waals surface area contributed by atoms with Gasteiger partial charge in [-0.05, 0) is 12.1 Å². The SMILES string of the molecule is COC(=O)Cc1csc(NC(=O)c2cccc(F)n2)n1. The molecule has 0 radical (unpaired) electrons. The van der Waals surface area contributed by atoms with E-state index in [1.54, 1.807) is 5.38 Å². The van der Waals surface area contributed by atoms with Crippen molar-refractivity contribution in [1.29, 1.82) is 0 Å². The van der Waals surface area contributed by atoms with Crippen molar-refractivity contribution >= 4 is 28.3 Å². The normalized spacial score (nSPS) is 10.1. The van der Waals surface area contributed by atoms with Gasteiger partial charge in [0.05, 0.1) is 19.2 Å². The maximum absolute atomic E-state index is 12.9. The Hall–Kier alpha value is -2.35. The summed E-state index contributed by atoms with van der Waals surface area (Å²) >= 11 is 1.16. The van der Waals surface area contributed by atoms with Crippen LogP contribution in [0.15, 0.2) is 23.6 Å². The van der Waals surface area contributed by atoms with Gasteiger partial charge in [-0.25, -0.2) is 9.97 Å². The molecule has 0 aromatic carbocycles. The third kappa shape index (κ3) is 3.58. The number of nitrogens with one attached hydrogen (secondary N) is 1. The highest BCUT2D eigenvalue weighted by molar-refractivity contribution is 7.14. The molecule has 2 aromatic rings. The highest BCUT2D eigenvalue weighted by Crippen LogP contribution is 2.16. The summed E-state index contributed by atoms with van der Waals surface area (Å²) in [6.07, 6.45) is 0.0289. The van der Waals surface area contributed by atoms with Crippen molar-refractivity contribution in [3.63, 3.8) is 0 Å². The molecule has 2 rings (SSSR count). The van der Waals surface area contributed by atoms with Crippen molar-refractivity contribution in [3.05, 3.63) is 40.9 Å². The number of thiazole rings is 1. The molecule has 2 heterocycles. The largest absolute Gasteiger partial charge is 0.469 e. The van der Waals surface area contributed by atoms with Crippen molar-refractivity contribution < 1.29 is 18.7 Å². The standard InChI is InChI=1S/C12H10FN3O3S/c1-19-10(17)5-7-6-20-12(14-7)16-11(18)8-3-2-4-9(13)15-8/h2-4,6H,5H2,1H3,(H,14,16,18). The van der Waals surface area contributed by atoms with Crippen molar-refractivity contribution in [3.8, 4) is 0 Å². The summed E-state index contributed by atoms with van der Waals surface area (Å²) in [5.41, 5.74) is 0.444. The summed E-state index contributed by atoms with van der Waals surface area (Å²) in [7, 11) is 1.28. The van der Waals surface area contributed by atoms with Crippen LogP contribution >= 0.6 is 11.3 Å². The van der Waals surface area contributed by atoms with Crippen LogP contribution in [0.1, 0.15) is 16.2 Å². The maximum Gasteiger partial charge on any atom is 0.311 e. The van der Waals surface area contributed by atoms with Crippen LogP contribution in [0.25, 0.3) is 0 Å². The summed E-state index contributed by atoms with van der Waals surface area (Å²) in [5.74, 6) is -1.72. The van der Waals surface area contributed by atoms with Crippen LogP contribution < -0.4 is 5.32 Å². The third-order valence-corrected chi connectivity index (χ3v) is 3.08. The Kier molecular flexibility index (Phi) is 4.36. The van der Waals surface area contributed by atoms with Crippen LogP contribution in [-0.4, -0.2) is 29.0 Å². The van der Waals surface area contributed by atoms with Crippen LogP contribution in [0.2, 0.25) is 0 Å². The fourth-order valence-electron chi connectivity index (χ4n) is 1.36. The summed E-state index contributed by atoms with van der Waals surface area (Å²) in [5, 5.41) is 4.42. The van der Waals surface area contributed by atoms with Gasteiger partial charge in [0, 0.05) is 5.38 Å². The molecule has 1 amide bonds. The Bertz CT molecular complexity index is 644. The molecule has 2 aromatic heterocycles. The number of ether oxygens (including phenoxy) is 1. The van der Waals surface area contributed by atoms with Crippen LogP contribution in [-0.2, 0) is 16.0 Å². The molecular formula is C12H10FN3O3S. The minimum absolute atomic E-state index is 0.0289. The topological polar surface area (TPSA) is 81.2 Å². The molecule has 0 atom stereocenters. The highest BCUT2D eigenvalue weighted by Gasteiger charge is 2.12. The van der Waals surface area contributed by atoms with E-state index in [0.29, 0.717) is 10.8 Å². The zero-order valence-electron chi connectivity index (χ0n) is 10.4. The lowest BCUT2D eigenvalue weighted by Gasteiger charge is -2.00. The molecule has 0 saturated heterocycles. The molecule has 1 N–H and O–H groups in total. The van der Waals surface area contributed by atoms with Gasteiger partial charge in [0.15, 0.2) is 5.13 Å². The number of hydrogen-bond acceptors (Lipinski definition) is 6. The minimum Gasteiger partial charge on any atom is -0.469 e. The number of amides is 1. The van der Waals surface area contributed by atoms with Crippen molar-refractivity contribution in [2.45, 2.75) is 6.42 Å². The molecule has 104 valence electrons. The predicted octanol–water partition coefficient (Wildman–Crippen LogP) is 1.64. The predicted molar refractivity (Wildman–Crippen MR) is 70.0 cm³/mol. The molecule has 6 nitrogen and oxygen atoms in total. The highest BCUT2D eigenvalue weighted by atomic mass is 32.1. The van der Waals surface area contributed by atoms with Gasteiger partial charge >= 0.3 is 5.97 Å². The first-order chi connectivity index (χ1) is 9.58. The number of methoxy groups -OCH3 is 1. The number of nitrogens with zero attached hydrogens (tertiary/aromatic N) is 2. The Labute approximate surface area is 117 Å². The van der Waals surface area contributed by atoms with E-state index in [-0.39, 0.29) is 12.1 Å². The number of pyridine rings is 1. The monoisotopic (exact) mass is 295 g/mol. The first-order valence-electron chi connectivity index (χ1n) is 5.53. The van der Waals surface area contributed by atoms with E-state index in [9.17, 15) is 14.0 Å². The average Bonchev–Trinajstić information content (AvgIpc) is 2.85. The van der Waals surface area contributed by atoms with Gasteiger partial charge in [0.25, 0.3) is 5.91 Å². The molecule has 0 spiro atoms. The molecule has 0 aliphatic rings. The van der Waals surface area contributed by atoms with E-state index in [2.05, 4.69) is 20.0 Å². The first-order valence-corrected chi connectivity index (χ1v) is 6.41. The van der Waals surface area contributed by atoms with E-state index < -0.39 is 17.8 Å². The lowest BCUT2D eigenvalue weighted by Crippen LogP contribution is -2.14. The van der Waals surface area contributed by atoms with E-state index in [0.717, 1.165) is 17.4 Å². The van der Waals surface area contributed by atoms with Gasteiger partial charge in [-0.1, -0.05) is 6.07 Å². The molecule has 8 heteroatoms. The van der Waals surface area contributed by atoms with Gasteiger partial charge in [-0.3, -0.25) is 14.9 Å². The quantitative estimate of drug-likeness (QED) is 0.685. The van der Waals surface area contributed by atoms with Crippen LogP contribution in [0, 0.1) is 5.95 Å². The van der Waals surface area contributed by atoms with E-state index in [1.807, 2.05) is 0 Å². The molecule has 0 bridgehead atoms. The second kappa shape index (κ2) is 6.20. The lowest BCUT2D eigenvalue weighted by molar-refractivity contribution is -0.139. The Balaban J connectivity index is 2.03. The molecule has 0 fully saturated rings. The van der Waals surface area contributed by atoms with Crippen molar-refractivity contribution in [1.82, 2.24) is 9.97 Å². The number of aromatic nitrogens is 2. The minimum atomic E-state index is -0.733. The molecular weight excluding hydrogens is 285 g/mol. The Morgan fingerprint density at radius 1 is 1.40 bits per heavy atom. The number of carbonyl (C=O) groups is 2. The average molecular weight is 295 g/mol. The molecule has 0 aliphatic carbocycles. The van der Waals surface area contributed by atoms with E-state index in [1.165, 1.54) is 19.2 Å². The van der Waals surface area contributed by atoms with Gasteiger partial charge in [-0.2, -0.15) is 4.39 Å². The Morgan fingerprint density at radius 2 is 2.20 bits per heavy atom. The summed E-state index contributed by atoms with van der Waals surface area (Å²) in [6, 6.07) is 3.93. The zero-order chi connectivity index (χ0) is 14.5. The summed E-state index contributed by atoms with van der Waals surface area (Å²) in [4.78, 5) is 30.4. The van der Waals surface area contributed by atoms with E-state index >= 15 is 0 Å². The number of rotatable bonds is 4. The van der Waals surface area contributed by atoms with Gasteiger partial charge in [0.2, 0.25) is 5.95 Å². The second-order valence-electron chi connectivity index (χ2n) is 3.70. The molecule has 0 aliphatic heterocycles. The van der Waals surface area contributed by atoms with Crippen LogP contribution in [0.5, 0.6) is 0 Å². The van der Waals surface area contributed by atoms with E-state index in [4.69, 9.17) is 0 Å². The number of carbonyl (C=O) groups excluding carboxylic acids is 2. The summed E-state index contributed by atoms with van der Waals surface area (Å²) in [6.45, 7) is 0. The number of esters is 1. The smallest absolute Gasteiger partial charge is 0.311 e. The number of hydrogen-bond donors (Lipinski definition) is 1. The van der Waals surface area contributed by atoms with Gasteiger partial charge in [-0.15, -0.1) is 11.3 Å². The third-order valence-electron chi connectivity index (χ3n) is 2.27. The fourth-order valence-corrected chi connectivity index (χ4v) is 2.07. The van der Waals surface area contributed by atoms with Crippen LogP contribution in [0.3, 0.4) is 0 Å². The first kappa shape index (κ1) is 14.1. The maximum atomic E-state index is 12.9. The van der Waals surface area contributed by atoms with Gasteiger partial charge in [0.1, 0.15) is 5.69 Å². The summed E-state index contributed by atoms with van der Waals surface area (Å²) < 4.78 is 17.4. The van der Waals surface area contributed by atoms with Crippen LogP contribution in [0.4, 0.5) is 9.52 Å². The number of anilines is 1. The zero-order valence-corrected chi connectivity index (χ0v) is 11.2. The molecule has 0 saturated carbocycles. The molecule has 20 heavy (non-hydrogen) atoms. The van der Waals surface area contributed by atoms with Crippen molar-refractivity contribution in [2.24, 2.45) is 0 Å². The number of halogens is 1. The van der Waals surface area contributed by atoms with Gasteiger partial charge < -0.3 is 4.74 Å². The second-order valence-corrected chi connectivity index (χ2v) is 4.55.